The van der Waals surface area contributed by atoms with E-state index in [0.717, 1.165) is 45.2 Å². The van der Waals surface area contributed by atoms with Gasteiger partial charge in [0.2, 0.25) is 0 Å². The van der Waals surface area contributed by atoms with E-state index >= 15 is 0 Å². The molecule has 3 rings (SSSR count). The molecule has 0 aliphatic carbocycles. The van der Waals surface area contributed by atoms with Crippen molar-refractivity contribution in [3.63, 3.8) is 0 Å². The zero-order valence-corrected chi connectivity index (χ0v) is 13.9. The zero-order chi connectivity index (χ0) is 16.0. The Kier molecular flexibility index (Phi) is 3.39. The smallest absolute Gasteiger partial charge is 0.141 e. The molecule has 114 valence electrons. The zero-order valence-electron chi connectivity index (χ0n) is 13.9. The summed E-state index contributed by atoms with van der Waals surface area (Å²) in [5.74, 6) is 1.68. The first-order valence-corrected chi connectivity index (χ1v) is 7.38. The maximum absolute atomic E-state index is 5.34. The molecule has 4 heteroatoms. The monoisotopic (exact) mass is 296 g/mol. The van der Waals surface area contributed by atoms with Gasteiger partial charge in [0.05, 0.1) is 11.4 Å². The van der Waals surface area contributed by atoms with Crippen molar-refractivity contribution in [1.82, 2.24) is 10.3 Å². The lowest BCUT2D eigenvalue weighted by Gasteiger charge is -2.12. The summed E-state index contributed by atoms with van der Waals surface area (Å²) in [5, 5.41) is 8.15. The molecule has 0 aliphatic rings. The van der Waals surface area contributed by atoms with Crippen molar-refractivity contribution in [1.29, 1.82) is 0 Å². The quantitative estimate of drug-likeness (QED) is 0.678. The van der Waals surface area contributed by atoms with E-state index in [1.54, 1.807) is 0 Å². The third-order valence-corrected chi connectivity index (χ3v) is 4.29. The van der Waals surface area contributed by atoms with Crippen molar-refractivity contribution >= 4 is 0 Å². The van der Waals surface area contributed by atoms with Gasteiger partial charge in [0.25, 0.3) is 0 Å². The van der Waals surface area contributed by atoms with Crippen LogP contribution in [0.3, 0.4) is 0 Å². The van der Waals surface area contributed by atoms with Crippen LogP contribution in [0.4, 0.5) is 0 Å². The van der Waals surface area contributed by atoms with Crippen LogP contribution in [0, 0.1) is 41.5 Å². The molecule has 2 aromatic heterocycles. The average molecular weight is 296 g/mol. The largest absolute Gasteiger partial charge is 0.361 e. The number of rotatable bonds is 2. The molecule has 3 aromatic rings. The van der Waals surface area contributed by atoms with Crippen molar-refractivity contribution in [2.45, 2.75) is 41.5 Å². The summed E-state index contributed by atoms with van der Waals surface area (Å²) in [4.78, 5) is 0. The molecule has 0 spiro atoms. The number of nitrogens with zero attached hydrogens (tertiary/aromatic N) is 2. The van der Waals surface area contributed by atoms with E-state index in [0.29, 0.717) is 0 Å². The highest BCUT2D eigenvalue weighted by Crippen LogP contribution is 2.36. The Morgan fingerprint density at radius 1 is 0.727 bits per heavy atom. The van der Waals surface area contributed by atoms with E-state index in [1.165, 1.54) is 11.1 Å². The van der Waals surface area contributed by atoms with Crippen molar-refractivity contribution in [2.75, 3.05) is 0 Å². The highest BCUT2D eigenvalue weighted by Gasteiger charge is 2.18. The van der Waals surface area contributed by atoms with E-state index < -0.39 is 0 Å². The summed E-state index contributed by atoms with van der Waals surface area (Å²) in [6, 6.07) is 4.37. The minimum Gasteiger partial charge on any atom is -0.361 e. The molecule has 0 amide bonds. The summed E-state index contributed by atoms with van der Waals surface area (Å²) < 4.78 is 10.7. The van der Waals surface area contributed by atoms with Gasteiger partial charge in [-0.2, -0.15) is 0 Å². The van der Waals surface area contributed by atoms with Crippen LogP contribution in [-0.4, -0.2) is 10.3 Å². The second kappa shape index (κ2) is 5.13. The van der Waals surface area contributed by atoms with Crippen molar-refractivity contribution in [2.24, 2.45) is 0 Å². The van der Waals surface area contributed by atoms with Gasteiger partial charge < -0.3 is 9.05 Å². The third-order valence-electron chi connectivity index (χ3n) is 4.29. The van der Waals surface area contributed by atoms with E-state index in [1.807, 2.05) is 27.7 Å². The van der Waals surface area contributed by atoms with E-state index in [9.17, 15) is 0 Å². The van der Waals surface area contributed by atoms with Gasteiger partial charge in [-0.1, -0.05) is 16.4 Å². The molecule has 0 fully saturated rings. The highest BCUT2D eigenvalue weighted by atomic mass is 16.5. The second-order valence-corrected chi connectivity index (χ2v) is 5.86. The molecule has 0 radical (unpaired) electrons. The molecule has 0 saturated carbocycles. The predicted octanol–water partition coefficient (Wildman–Crippen LogP) is 4.85. The summed E-state index contributed by atoms with van der Waals surface area (Å²) in [5.41, 5.74) is 8.71. The molecule has 2 heterocycles. The molecule has 0 unspecified atom stereocenters. The van der Waals surface area contributed by atoms with E-state index in [4.69, 9.17) is 9.05 Å². The minimum absolute atomic E-state index is 0.838. The molecule has 0 atom stereocenters. The van der Waals surface area contributed by atoms with Gasteiger partial charge in [-0.15, -0.1) is 0 Å². The Balaban J connectivity index is 2.29. The summed E-state index contributed by atoms with van der Waals surface area (Å²) in [7, 11) is 0. The topological polar surface area (TPSA) is 52.1 Å². The third kappa shape index (κ3) is 2.15. The molecule has 1 aromatic carbocycles. The first kappa shape index (κ1) is 14.6. The van der Waals surface area contributed by atoms with Crippen molar-refractivity contribution < 1.29 is 9.05 Å². The molecule has 0 saturated heterocycles. The molecule has 4 nitrogen and oxygen atoms in total. The van der Waals surface area contributed by atoms with Crippen LogP contribution in [0.1, 0.15) is 34.0 Å². The molecular formula is C18H20N2O2. The van der Waals surface area contributed by atoms with Gasteiger partial charge in [-0.05, 0) is 69.9 Å². The van der Waals surface area contributed by atoms with Crippen LogP contribution in [0.15, 0.2) is 21.2 Å². The van der Waals surface area contributed by atoms with Gasteiger partial charge in [-0.3, -0.25) is 0 Å². The first-order valence-electron chi connectivity index (χ1n) is 7.38. The number of hydrogen-bond donors (Lipinski definition) is 0. The fourth-order valence-electron chi connectivity index (χ4n) is 3.03. The number of aryl methyl sites for hydroxylation is 5. The Morgan fingerprint density at radius 3 is 1.77 bits per heavy atom. The SMILES string of the molecule is Cc1cc(-c2c(C)noc2C)cc(-c2c(C)noc2C)c1C. The first-order chi connectivity index (χ1) is 10.4. The molecule has 0 aliphatic heterocycles. The van der Waals surface area contributed by atoms with Gasteiger partial charge >= 0.3 is 0 Å². The number of hydrogen-bond acceptors (Lipinski definition) is 4. The number of benzene rings is 1. The average Bonchev–Trinajstić information content (AvgIpc) is 2.97. The Labute approximate surface area is 130 Å². The fraction of sp³-hybridized carbons (Fsp3) is 0.333. The summed E-state index contributed by atoms with van der Waals surface area (Å²) in [6.07, 6.45) is 0. The lowest BCUT2D eigenvalue weighted by molar-refractivity contribution is 0.393. The Hall–Kier alpha value is -2.36. The van der Waals surface area contributed by atoms with Gasteiger partial charge in [-0.25, -0.2) is 0 Å². The van der Waals surface area contributed by atoms with Gasteiger partial charge in [0, 0.05) is 11.1 Å². The lowest BCUT2D eigenvalue weighted by Crippen LogP contribution is -1.93. The van der Waals surface area contributed by atoms with Crippen LogP contribution in [0.5, 0.6) is 0 Å². The fourth-order valence-corrected chi connectivity index (χ4v) is 3.03. The molecule has 0 N–H and O–H groups in total. The standard InChI is InChI=1S/C18H20N2O2/c1-9-7-15(17-11(3)19-21-13(17)5)8-16(10(9)2)18-12(4)20-22-14(18)6/h7-8H,1-6H3. The maximum Gasteiger partial charge on any atom is 0.141 e. The summed E-state index contributed by atoms with van der Waals surface area (Å²) >= 11 is 0. The summed E-state index contributed by atoms with van der Waals surface area (Å²) in [6.45, 7) is 12.1. The Morgan fingerprint density at radius 2 is 1.27 bits per heavy atom. The minimum atomic E-state index is 0.838. The van der Waals surface area contributed by atoms with E-state index in [-0.39, 0.29) is 0 Å². The maximum atomic E-state index is 5.34. The van der Waals surface area contributed by atoms with Crippen LogP contribution in [-0.2, 0) is 0 Å². The van der Waals surface area contributed by atoms with Crippen LogP contribution in [0.25, 0.3) is 22.3 Å². The molecular weight excluding hydrogens is 276 g/mol. The van der Waals surface area contributed by atoms with E-state index in [2.05, 4.69) is 36.3 Å². The normalized spacial score (nSPS) is 11.2. The molecule has 0 bridgehead atoms. The van der Waals surface area contributed by atoms with Crippen LogP contribution >= 0.6 is 0 Å². The van der Waals surface area contributed by atoms with Crippen LogP contribution < -0.4 is 0 Å². The van der Waals surface area contributed by atoms with Crippen LogP contribution in [0.2, 0.25) is 0 Å². The number of aromatic nitrogens is 2. The lowest BCUT2D eigenvalue weighted by atomic mass is 9.91. The van der Waals surface area contributed by atoms with Gasteiger partial charge in [0.1, 0.15) is 11.5 Å². The highest BCUT2D eigenvalue weighted by molar-refractivity contribution is 5.80. The predicted molar refractivity (Wildman–Crippen MR) is 85.9 cm³/mol. The van der Waals surface area contributed by atoms with Crippen molar-refractivity contribution in [3.8, 4) is 22.3 Å². The molecule has 22 heavy (non-hydrogen) atoms. The second-order valence-electron chi connectivity index (χ2n) is 5.86. The van der Waals surface area contributed by atoms with Crippen molar-refractivity contribution in [3.05, 3.63) is 46.2 Å². The Bertz CT molecular complexity index is 817. The van der Waals surface area contributed by atoms with Gasteiger partial charge in [0.15, 0.2) is 0 Å².